The van der Waals surface area contributed by atoms with Crippen LogP contribution < -0.4 is 5.43 Å². The Balaban J connectivity index is 2.01. The summed E-state index contributed by atoms with van der Waals surface area (Å²) in [6.07, 6.45) is 0. The first kappa shape index (κ1) is 17.3. The molecule has 0 N–H and O–H groups in total. The minimum atomic E-state index is -0.000730. The highest BCUT2D eigenvalue weighted by Crippen LogP contribution is 2.33. The van der Waals surface area contributed by atoms with Crippen LogP contribution in [0.1, 0.15) is 26.3 Å². The van der Waals surface area contributed by atoms with Crippen LogP contribution >= 0.6 is 0 Å². The molecule has 4 aromatic rings. The summed E-state index contributed by atoms with van der Waals surface area (Å²) in [6, 6.07) is 25.5. The van der Waals surface area contributed by atoms with Gasteiger partial charge in [0.25, 0.3) is 0 Å². The first-order valence-electron chi connectivity index (χ1n) is 9.17. The van der Waals surface area contributed by atoms with E-state index < -0.39 is 0 Å². The zero-order valence-electron chi connectivity index (χ0n) is 15.8. The normalized spacial score (nSPS) is 11.7. The Kier molecular flexibility index (Phi) is 4.19. The minimum absolute atomic E-state index is 0.000730. The van der Waals surface area contributed by atoms with Crippen LogP contribution in [0.5, 0.6) is 0 Å². The molecule has 0 amide bonds. The van der Waals surface area contributed by atoms with E-state index in [9.17, 15) is 4.79 Å². The molecular weight excluding hydrogens is 332 g/mol. The van der Waals surface area contributed by atoms with Gasteiger partial charge in [0.2, 0.25) is 5.43 Å². The largest absolute Gasteiger partial charge is 0.455 e. The highest BCUT2D eigenvalue weighted by Gasteiger charge is 2.19. The van der Waals surface area contributed by atoms with E-state index in [-0.39, 0.29) is 10.8 Å². The van der Waals surface area contributed by atoms with E-state index in [1.54, 1.807) is 0 Å². The van der Waals surface area contributed by atoms with Crippen LogP contribution in [0.2, 0.25) is 0 Å². The third kappa shape index (κ3) is 3.19. The maximum Gasteiger partial charge on any atom is 0.201 e. The number of hydrogen-bond donors (Lipinski definition) is 0. The number of benzene rings is 3. The summed E-state index contributed by atoms with van der Waals surface area (Å²) in [5.74, 6) is 0.614. The van der Waals surface area contributed by atoms with Gasteiger partial charge in [-0.25, -0.2) is 0 Å². The fraction of sp³-hybridized carbons (Fsp3) is 0.160. The second-order valence-electron chi connectivity index (χ2n) is 7.82. The standard InChI is InChI=1S/C25H22O2/c1-25(2,3)19-15-13-17(14-16-19)22-23(26)20-11-7-8-12-21(20)27-24(22)18-9-5-4-6-10-18/h4-16H,1-3H3. The van der Waals surface area contributed by atoms with Crippen molar-refractivity contribution >= 4 is 11.0 Å². The summed E-state index contributed by atoms with van der Waals surface area (Å²) in [6.45, 7) is 6.55. The monoisotopic (exact) mass is 354 g/mol. The van der Waals surface area contributed by atoms with Crippen LogP contribution in [0.4, 0.5) is 0 Å². The zero-order chi connectivity index (χ0) is 19.0. The fourth-order valence-corrected chi connectivity index (χ4v) is 3.33. The Morgan fingerprint density at radius 3 is 2.00 bits per heavy atom. The average Bonchev–Trinajstić information content (AvgIpc) is 2.68. The van der Waals surface area contributed by atoms with Gasteiger partial charge in [-0.05, 0) is 28.7 Å². The van der Waals surface area contributed by atoms with Gasteiger partial charge in [0.05, 0.1) is 10.9 Å². The number of para-hydroxylation sites is 1. The molecule has 0 saturated carbocycles. The van der Waals surface area contributed by atoms with Crippen molar-refractivity contribution in [1.82, 2.24) is 0 Å². The van der Waals surface area contributed by atoms with Gasteiger partial charge in [0.1, 0.15) is 11.3 Å². The quantitative estimate of drug-likeness (QED) is 0.415. The van der Waals surface area contributed by atoms with Gasteiger partial charge in [-0.15, -0.1) is 0 Å². The van der Waals surface area contributed by atoms with Crippen LogP contribution in [0.3, 0.4) is 0 Å². The lowest BCUT2D eigenvalue weighted by atomic mass is 9.86. The number of fused-ring (bicyclic) bond motifs is 1. The molecule has 0 aliphatic rings. The summed E-state index contributed by atoms with van der Waals surface area (Å²) in [4.78, 5) is 13.3. The third-order valence-electron chi connectivity index (χ3n) is 4.87. The van der Waals surface area contributed by atoms with E-state index in [4.69, 9.17) is 4.42 Å². The van der Waals surface area contributed by atoms with Gasteiger partial charge in [0, 0.05) is 5.56 Å². The molecule has 134 valence electrons. The van der Waals surface area contributed by atoms with Gasteiger partial charge >= 0.3 is 0 Å². The molecule has 27 heavy (non-hydrogen) atoms. The lowest BCUT2D eigenvalue weighted by Gasteiger charge is -2.19. The van der Waals surface area contributed by atoms with Crippen molar-refractivity contribution < 1.29 is 4.42 Å². The molecule has 2 nitrogen and oxygen atoms in total. The predicted molar refractivity (Wildman–Crippen MR) is 112 cm³/mol. The molecule has 1 heterocycles. The minimum Gasteiger partial charge on any atom is -0.455 e. The Labute approximate surface area is 159 Å². The topological polar surface area (TPSA) is 30.2 Å². The molecule has 0 unspecified atom stereocenters. The molecule has 2 heteroatoms. The molecule has 0 atom stereocenters. The van der Waals surface area contributed by atoms with E-state index in [0.717, 1.165) is 11.1 Å². The van der Waals surface area contributed by atoms with Crippen LogP contribution in [0.15, 0.2) is 88.1 Å². The Morgan fingerprint density at radius 1 is 0.704 bits per heavy atom. The van der Waals surface area contributed by atoms with Crippen molar-refractivity contribution in [2.24, 2.45) is 0 Å². The molecule has 0 spiro atoms. The Morgan fingerprint density at radius 2 is 1.33 bits per heavy atom. The lowest BCUT2D eigenvalue weighted by Crippen LogP contribution is -2.11. The van der Waals surface area contributed by atoms with Gasteiger partial charge in [-0.2, -0.15) is 0 Å². The second kappa shape index (κ2) is 6.55. The lowest BCUT2D eigenvalue weighted by molar-refractivity contribution is 0.590. The molecule has 0 aliphatic heterocycles. The highest BCUT2D eigenvalue weighted by atomic mass is 16.3. The van der Waals surface area contributed by atoms with Crippen LogP contribution in [0, 0.1) is 0 Å². The van der Waals surface area contributed by atoms with Crippen molar-refractivity contribution in [3.05, 3.63) is 94.6 Å². The van der Waals surface area contributed by atoms with Crippen molar-refractivity contribution in [3.63, 3.8) is 0 Å². The van der Waals surface area contributed by atoms with E-state index in [1.165, 1.54) is 5.56 Å². The van der Waals surface area contributed by atoms with Crippen LogP contribution in [-0.2, 0) is 5.41 Å². The average molecular weight is 354 g/mol. The maximum atomic E-state index is 13.3. The molecule has 0 fully saturated rings. The molecule has 0 saturated heterocycles. The molecular formula is C25H22O2. The van der Waals surface area contributed by atoms with E-state index >= 15 is 0 Å². The van der Waals surface area contributed by atoms with Gasteiger partial charge in [-0.3, -0.25) is 4.79 Å². The SMILES string of the molecule is CC(C)(C)c1ccc(-c2c(-c3ccccc3)oc3ccccc3c2=O)cc1. The molecule has 4 rings (SSSR count). The zero-order valence-corrected chi connectivity index (χ0v) is 15.8. The van der Waals surface area contributed by atoms with Crippen molar-refractivity contribution in [2.75, 3.05) is 0 Å². The van der Waals surface area contributed by atoms with Gasteiger partial charge in [0.15, 0.2) is 0 Å². The maximum absolute atomic E-state index is 13.3. The fourth-order valence-electron chi connectivity index (χ4n) is 3.33. The van der Waals surface area contributed by atoms with E-state index in [0.29, 0.717) is 22.3 Å². The second-order valence-corrected chi connectivity index (χ2v) is 7.82. The summed E-state index contributed by atoms with van der Waals surface area (Å²) in [5.41, 5.74) is 4.29. The first-order valence-corrected chi connectivity index (χ1v) is 9.17. The summed E-state index contributed by atoms with van der Waals surface area (Å²) >= 11 is 0. The van der Waals surface area contributed by atoms with Crippen molar-refractivity contribution in [3.8, 4) is 22.5 Å². The van der Waals surface area contributed by atoms with Crippen molar-refractivity contribution in [1.29, 1.82) is 0 Å². The summed E-state index contributed by atoms with van der Waals surface area (Å²) in [7, 11) is 0. The van der Waals surface area contributed by atoms with E-state index in [2.05, 4.69) is 32.9 Å². The molecule has 0 aliphatic carbocycles. The summed E-state index contributed by atoms with van der Waals surface area (Å²) < 4.78 is 6.21. The van der Waals surface area contributed by atoms with E-state index in [1.807, 2.05) is 66.7 Å². The molecule has 0 radical (unpaired) electrons. The molecule has 0 bridgehead atoms. The Bertz CT molecular complexity index is 1150. The number of rotatable bonds is 2. The third-order valence-corrected chi connectivity index (χ3v) is 4.87. The number of hydrogen-bond acceptors (Lipinski definition) is 2. The van der Waals surface area contributed by atoms with Gasteiger partial charge < -0.3 is 4.42 Å². The smallest absolute Gasteiger partial charge is 0.201 e. The van der Waals surface area contributed by atoms with Crippen LogP contribution in [-0.4, -0.2) is 0 Å². The highest BCUT2D eigenvalue weighted by molar-refractivity contribution is 5.89. The predicted octanol–water partition coefficient (Wildman–Crippen LogP) is 6.42. The summed E-state index contributed by atoms with van der Waals surface area (Å²) in [5, 5.41) is 0.604. The molecule has 1 aromatic heterocycles. The Hall–Kier alpha value is -3.13. The van der Waals surface area contributed by atoms with Gasteiger partial charge in [-0.1, -0.05) is 87.5 Å². The molecule has 3 aromatic carbocycles. The van der Waals surface area contributed by atoms with Crippen LogP contribution in [0.25, 0.3) is 33.4 Å². The van der Waals surface area contributed by atoms with Crippen molar-refractivity contribution in [2.45, 2.75) is 26.2 Å². The first-order chi connectivity index (χ1) is 12.9.